The predicted octanol–water partition coefficient (Wildman–Crippen LogP) is 3.31. The molecule has 6 heteroatoms. The van der Waals surface area contributed by atoms with Crippen LogP contribution in [0.15, 0.2) is 53.4 Å². The van der Waals surface area contributed by atoms with E-state index in [2.05, 4.69) is 4.74 Å². The zero-order valence-corrected chi connectivity index (χ0v) is 15.1. The van der Waals surface area contributed by atoms with E-state index in [-0.39, 0.29) is 10.9 Å². The average molecular weight is 359 g/mol. The summed E-state index contributed by atoms with van der Waals surface area (Å²) >= 11 is 0. The van der Waals surface area contributed by atoms with Gasteiger partial charge in [0.15, 0.2) is 0 Å². The third-order valence-corrected chi connectivity index (χ3v) is 6.47. The van der Waals surface area contributed by atoms with Crippen LogP contribution < -0.4 is 0 Å². The Hall–Kier alpha value is -2.18. The molecule has 1 saturated heterocycles. The van der Waals surface area contributed by atoms with Crippen LogP contribution in [0.1, 0.15) is 40.4 Å². The molecule has 0 saturated carbocycles. The quantitative estimate of drug-likeness (QED) is 0.786. The number of hydrogen-bond acceptors (Lipinski definition) is 4. The SMILES string of the molecule is COC(=O)c1ccc(S(=O)(=O)N2CCCC2c2ccc(C)cc2)cc1. The van der Waals surface area contributed by atoms with Crippen molar-refractivity contribution in [1.29, 1.82) is 0 Å². The fourth-order valence-corrected chi connectivity index (χ4v) is 4.85. The number of nitrogens with zero attached hydrogens (tertiary/aromatic N) is 1. The van der Waals surface area contributed by atoms with E-state index in [0.29, 0.717) is 12.1 Å². The maximum Gasteiger partial charge on any atom is 0.337 e. The fourth-order valence-electron chi connectivity index (χ4n) is 3.17. The van der Waals surface area contributed by atoms with Crippen molar-refractivity contribution in [2.24, 2.45) is 0 Å². The van der Waals surface area contributed by atoms with Crippen LogP contribution in [-0.2, 0) is 14.8 Å². The largest absolute Gasteiger partial charge is 0.465 e. The van der Waals surface area contributed by atoms with Crippen LogP contribution in [0, 0.1) is 6.92 Å². The third-order valence-electron chi connectivity index (χ3n) is 4.55. The Morgan fingerprint density at radius 1 is 1.08 bits per heavy atom. The Labute approximate surface area is 148 Å². The summed E-state index contributed by atoms with van der Waals surface area (Å²) < 4.78 is 32.3. The van der Waals surface area contributed by atoms with E-state index in [1.807, 2.05) is 31.2 Å². The number of aryl methyl sites for hydroxylation is 1. The first-order valence-corrected chi connectivity index (χ1v) is 9.64. The highest BCUT2D eigenvalue weighted by Crippen LogP contribution is 2.36. The smallest absolute Gasteiger partial charge is 0.337 e. The number of hydrogen-bond donors (Lipinski definition) is 0. The van der Waals surface area contributed by atoms with Crippen molar-refractivity contribution in [2.75, 3.05) is 13.7 Å². The maximum atomic E-state index is 13.0. The van der Waals surface area contributed by atoms with Crippen LogP contribution in [0.3, 0.4) is 0 Å². The van der Waals surface area contributed by atoms with E-state index < -0.39 is 16.0 Å². The lowest BCUT2D eigenvalue weighted by atomic mass is 10.0. The lowest BCUT2D eigenvalue weighted by Gasteiger charge is -2.24. The molecule has 0 aromatic heterocycles. The average Bonchev–Trinajstić information content (AvgIpc) is 3.12. The first-order chi connectivity index (χ1) is 11.9. The summed E-state index contributed by atoms with van der Waals surface area (Å²) in [5.74, 6) is -0.484. The van der Waals surface area contributed by atoms with E-state index in [1.165, 1.54) is 31.4 Å². The zero-order chi connectivity index (χ0) is 18.0. The monoisotopic (exact) mass is 359 g/mol. The molecule has 1 fully saturated rings. The second kappa shape index (κ2) is 6.98. The summed E-state index contributed by atoms with van der Waals surface area (Å²) in [4.78, 5) is 11.7. The van der Waals surface area contributed by atoms with Crippen molar-refractivity contribution in [3.05, 3.63) is 65.2 Å². The normalized spacial score (nSPS) is 18.2. The number of sulfonamides is 1. The lowest BCUT2D eigenvalue weighted by Crippen LogP contribution is -2.30. The Kier molecular flexibility index (Phi) is 4.92. The Bertz CT molecular complexity index is 857. The molecule has 25 heavy (non-hydrogen) atoms. The summed E-state index contributed by atoms with van der Waals surface area (Å²) in [7, 11) is -2.32. The van der Waals surface area contributed by atoms with Gasteiger partial charge in [-0.1, -0.05) is 29.8 Å². The van der Waals surface area contributed by atoms with Crippen molar-refractivity contribution in [2.45, 2.75) is 30.7 Å². The zero-order valence-electron chi connectivity index (χ0n) is 14.3. The van der Waals surface area contributed by atoms with Gasteiger partial charge in [0, 0.05) is 6.54 Å². The summed E-state index contributed by atoms with van der Waals surface area (Å²) in [6.45, 7) is 2.51. The number of esters is 1. The lowest BCUT2D eigenvalue weighted by molar-refractivity contribution is 0.0600. The molecule has 2 aromatic carbocycles. The standard InChI is InChI=1S/C19H21NO4S/c1-14-5-7-15(8-6-14)18-4-3-13-20(18)25(22,23)17-11-9-16(10-12-17)19(21)24-2/h5-12,18H,3-4,13H2,1-2H3. The first-order valence-electron chi connectivity index (χ1n) is 8.20. The van der Waals surface area contributed by atoms with Crippen LogP contribution in [0.2, 0.25) is 0 Å². The molecule has 0 bridgehead atoms. The van der Waals surface area contributed by atoms with Gasteiger partial charge in [-0.2, -0.15) is 4.31 Å². The number of benzene rings is 2. The molecule has 1 aliphatic heterocycles. The molecule has 0 N–H and O–H groups in total. The second-order valence-electron chi connectivity index (χ2n) is 6.20. The van der Waals surface area contributed by atoms with Crippen LogP contribution in [0.25, 0.3) is 0 Å². The van der Waals surface area contributed by atoms with E-state index in [1.54, 1.807) is 4.31 Å². The number of carbonyl (C=O) groups is 1. The molecule has 1 aliphatic rings. The summed E-state index contributed by atoms with van der Waals surface area (Å²) in [5.41, 5.74) is 2.49. The van der Waals surface area contributed by atoms with Gasteiger partial charge in [-0.3, -0.25) is 0 Å². The van der Waals surface area contributed by atoms with Crippen molar-refractivity contribution < 1.29 is 17.9 Å². The molecular weight excluding hydrogens is 338 g/mol. The fraction of sp³-hybridized carbons (Fsp3) is 0.316. The van der Waals surface area contributed by atoms with Gasteiger partial charge in [-0.25, -0.2) is 13.2 Å². The molecule has 1 heterocycles. The third kappa shape index (κ3) is 3.45. The number of methoxy groups -OCH3 is 1. The molecule has 1 unspecified atom stereocenters. The molecule has 2 aromatic rings. The minimum Gasteiger partial charge on any atom is -0.465 e. The Morgan fingerprint density at radius 2 is 1.72 bits per heavy atom. The van der Waals surface area contributed by atoms with E-state index in [0.717, 1.165) is 24.0 Å². The minimum absolute atomic E-state index is 0.147. The van der Waals surface area contributed by atoms with Gasteiger partial charge in [0.05, 0.1) is 23.6 Å². The number of rotatable bonds is 4. The van der Waals surface area contributed by atoms with E-state index >= 15 is 0 Å². The van der Waals surface area contributed by atoms with Gasteiger partial charge >= 0.3 is 5.97 Å². The van der Waals surface area contributed by atoms with Crippen molar-refractivity contribution >= 4 is 16.0 Å². The van der Waals surface area contributed by atoms with E-state index in [4.69, 9.17) is 0 Å². The maximum absolute atomic E-state index is 13.0. The van der Waals surface area contributed by atoms with Crippen LogP contribution >= 0.6 is 0 Å². The Morgan fingerprint density at radius 3 is 2.32 bits per heavy atom. The highest BCUT2D eigenvalue weighted by molar-refractivity contribution is 7.89. The summed E-state index contributed by atoms with van der Waals surface area (Å²) in [5, 5.41) is 0. The summed E-state index contributed by atoms with van der Waals surface area (Å²) in [6, 6.07) is 13.7. The molecule has 132 valence electrons. The van der Waals surface area contributed by atoms with Gasteiger partial charge in [0.2, 0.25) is 10.0 Å². The number of carbonyl (C=O) groups excluding carboxylic acids is 1. The van der Waals surface area contributed by atoms with Crippen LogP contribution in [0.5, 0.6) is 0 Å². The van der Waals surface area contributed by atoms with E-state index in [9.17, 15) is 13.2 Å². The van der Waals surface area contributed by atoms with Gasteiger partial charge in [0.1, 0.15) is 0 Å². The molecule has 0 radical (unpaired) electrons. The molecule has 0 spiro atoms. The highest BCUT2D eigenvalue weighted by Gasteiger charge is 2.36. The highest BCUT2D eigenvalue weighted by atomic mass is 32.2. The Balaban J connectivity index is 1.90. The van der Waals surface area contributed by atoms with Crippen molar-refractivity contribution in [1.82, 2.24) is 4.31 Å². The summed E-state index contributed by atoms with van der Waals surface area (Å²) in [6.07, 6.45) is 1.64. The van der Waals surface area contributed by atoms with Crippen LogP contribution in [0.4, 0.5) is 0 Å². The first kappa shape index (κ1) is 17.6. The topological polar surface area (TPSA) is 63.7 Å². The predicted molar refractivity (Wildman–Crippen MR) is 94.8 cm³/mol. The second-order valence-corrected chi connectivity index (χ2v) is 8.09. The van der Waals surface area contributed by atoms with Crippen molar-refractivity contribution in [3.8, 4) is 0 Å². The number of ether oxygens (including phenoxy) is 1. The molecule has 5 nitrogen and oxygen atoms in total. The van der Waals surface area contributed by atoms with Crippen LogP contribution in [-0.4, -0.2) is 32.3 Å². The van der Waals surface area contributed by atoms with Gasteiger partial charge in [-0.05, 0) is 49.6 Å². The molecular formula is C19H21NO4S. The van der Waals surface area contributed by atoms with Gasteiger partial charge in [-0.15, -0.1) is 0 Å². The van der Waals surface area contributed by atoms with Gasteiger partial charge in [0.25, 0.3) is 0 Å². The van der Waals surface area contributed by atoms with Crippen molar-refractivity contribution in [3.63, 3.8) is 0 Å². The molecule has 3 rings (SSSR count). The minimum atomic E-state index is -3.61. The molecule has 0 aliphatic carbocycles. The van der Waals surface area contributed by atoms with Gasteiger partial charge < -0.3 is 4.74 Å². The molecule has 0 amide bonds. The molecule has 1 atom stereocenters.